The Morgan fingerprint density at radius 1 is 0.327 bits per heavy atom. The Kier molecular flexibility index (Phi) is 15.9. The quantitative estimate of drug-likeness (QED) is 0.0337. The van der Waals surface area contributed by atoms with Crippen molar-refractivity contribution in [3.8, 4) is 28.7 Å². The number of rotatable bonds is 16. The Morgan fingerprint density at radius 3 is 0.990 bits per heavy atom. The maximum atomic E-state index is 14.5. The summed E-state index contributed by atoms with van der Waals surface area (Å²) in [6, 6.07) is 58.6. The molecule has 6 aromatic carbocycles. The minimum Gasteiger partial charge on any atom is -0.456 e. The zero-order chi connectivity index (χ0) is 70.7. The number of aromatic amines is 4. The van der Waals surface area contributed by atoms with Gasteiger partial charge >= 0.3 is 0 Å². The van der Waals surface area contributed by atoms with Crippen LogP contribution in [0.2, 0.25) is 0 Å². The zero-order valence-corrected chi connectivity index (χ0v) is 55.3. The van der Waals surface area contributed by atoms with Gasteiger partial charge < -0.3 is 60.8 Å². The second-order valence-corrected chi connectivity index (χ2v) is 25.5. The number of nitrogen functional groups attached to an aromatic ring is 1. The van der Waals surface area contributed by atoms with Gasteiger partial charge in [-0.15, -0.1) is 0 Å². The van der Waals surface area contributed by atoms with Gasteiger partial charge in [0, 0.05) is 140 Å². The molecule has 0 radical (unpaired) electrons. The second kappa shape index (κ2) is 26.1. The van der Waals surface area contributed by atoms with Crippen LogP contribution in [-0.2, 0) is 14.4 Å². The molecule has 0 fully saturated rings. The van der Waals surface area contributed by atoms with E-state index in [0.717, 1.165) is 6.29 Å². The lowest BCUT2D eigenvalue weighted by molar-refractivity contribution is -0.105. The highest BCUT2D eigenvalue weighted by molar-refractivity contribution is 6.23. The standard InChI is InChI=1S/C88H60N8O8/c89-81-53-29-13-17-33-57(53)85(101-49-21-5-1-6-22-49)61(45-97)73(81)77-65-37-39-67(93-65)78(74-62(46-98)86(102-50-23-7-2-8-24-50)58-34-18-14-30-54(58)82(74)90)69-41-43-71(95-69)80(76-64(48-100)88(104-52-27-11-4-12-28-52)60-36-20-16-32-56(60)84(76)92)72-44-42-70(96-72)79(68-40-38-66(77)94-68)75-63(47-99)87(103-51-25-9-3-10-26-51)59-35-19-15-31-55(59)83(75)91/h1-48,53-55,89-91,93-96H,92H2. The summed E-state index contributed by atoms with van der Waals surface area (Å²) < 4.78 is 27.3. The van der Waals surface area contributed by atoms with Crippen molar-refractivity contribution >= 4 is 81.0 Å². The van der Waals surface area contributed by atoms with Crippen LogP contribution in [0.1, 0.15) is 38.7 Å². The Balaban J connectivity index is 1.04. The molecule has 0 saturated carbocycles. The molecule has 4 aromatic heterocycles. The first kappa shape index (κ1) is 63.2. The summed E-state index contributed by atoms with van der Waals surface area (Å²) in [5.74, 6) is 0.592. The lowest BCUT2D eigenvalue weighted by Gasteiger charge is -2.31. The SMILES string of the molecule is N=C1C(C2=c3ccc([nH]3)=C(C3=C(C=O)C(Oc4ccccc4)=C4C=CC=CC4C3=N)c3ccc([nH]3)C(c3c(C=O)c(Oc4ccccc4)c4ccccc4c3N)=c3ccc([nH]3)=C(C3=C(C=O)C(Oc4ccccc4)=C4C=CC=CC4C3=N)c3ccc2[nH]3)=C(C=O)C(Oc2ccccc2)=C2C=CC=CC12. The molecule has 0 amide bonds. The van der Waals surface area contributed by atoms with Crippen LogP contribution < -0.4 is 46.1 Å². The molecule has 500 valence electrons. The van der Waals surface area contributed by atoms with Gasteiger partial charge in [-0.2, -0.15) is 0 Å². The lowest BCUT2D eigenvalue weighted by Crippen LogP contribution is -2.31. The van der Waals surface area contributed by atoms with Crippen LogP contribution in [0.5, 0.6) is 28.7 Å². The highest BCUT2D eigenvalue weighted by Crippen LogP contribution is 2.47. The number of benzene rings is 6. The van der Waals surface area contributed by atoms with Gasteiger partial charge in [-0.1, -0.05) is 170 Å². The first-order valence-electron chi connectivity index (χ1n) is 33.7. The van der Waals surface area contributed by atoms with Gasteiger partial charge in [0.25, 0.3) is 0 Å². The van der Waals surface area contributed by atoms with Crippen LogP contribution in [-0.4, -0.2) is 62.2 Å². The number of aromatic nitrogens is 4. The molecule has 104 heavy (non-hydrogen) atoms. The van der Waals surface area contributed by atoms with Crippen LogP contribution in [0, 0.1) is 34.0 Å². The average molecular weight is 1360 g/mol. The largest absolute Gasteiger partial charge is 0.456 e. The van der Waals surface area contributed by atoms with Gasteiger partial charge in [0.1, 0.15) is 46.0 Å². The molecule has 6 aliphatic carbocycles. The van der Waals surface area contributed by atoms with Gasteiger partial charge in [0.15, 0.2) is 25.1 Å². The molecule has 8 bridgehead atoms. The number of hydrogen-bond acceptors (Lipinski definition) is 12. The number of fused-ring (bicyclic) bond motifs is 12. The molecule has 3 unspecified atom stereocenters. The number of carbonyl (C=O) groups excluding carboxylic acids is 4. The third kappa shape index (κ3) is 10.6. The number of nitrogens with two attached hydrogens (primary N) is 1. The number of para-hydroxylation sites is 4. The Bertz CT molecular complexity index is 6130. The molecule has 0 saturated heterocycles. The molecule has 3 atom stereocenters. The zero-order valence-electron chi connectivity index (χ0n) is 55.3. The highest BCUT2D eigenvalue weighted by Gasteiger charge is 2.41. The van der Waals surface area contributed by atoms with Crippen molar-refractivity contribution in [1.82, 2.24) is 19.9 Å². The Hall–Kier alpha value is -14.3. The van der Waals surface area contributed by atoms with E-state index in [1.165, 1.54) is 0 Å². The molecule has 5 heterocycles. The average Bonchev–Trinajstić information content (AvgIpc) is 1.46. The summed E-state index contributed by atoms with van der Waals surface area (Å²) in [6.07, 6.45) is 25.2. The molecule has 1 aliphatic heterocycles. The molecule has 16 nitrogen and oxygen atoms in total. The number of anilines is 1. The van der Waals surface area contributed by atoms with Gasteiger partial charge in [-0.05, 0) is 97.1 Å². The van der Waals surface area contributed by atoms with Crippen molar-refractivity contribution in [2.24, 2.45) is 17.8 Å². The van der Waals surface area contributed by atoms with Gasteiger partial charge in [0.05, 0.1) is 39.4 Å². The summed E-state index contributed by atoms with van der Waals surface area (Å²) >= 11 is 0. The highest BCUT2D eigenvalue weighted by atomic mass is 16.5. The van der Waals surface area contributed by atoms with Crippen molar-refractivity contribution in [2.45, 2.75) is 0 Å². The number of hydrogen-bond donors (Lipinski definition) is 8. The molecular weight excluding hydrogens is 1300 g/mol. The van der Waals surface area contributed by atoms with Gasteiger partial charge in [-0.3, -0.25) is 19.2 Å². The van der Waals surface area contributed by atoms with E-state index >= 15 is 0 Å². The van der Waals surface area contributed by atoms with Gasteiger partial charge in [-0.25, -0.2) is 0 Å². The van der Waals surface area contributed by atoms with E-state index in [0.29, 0.717) is 136 Å². The van der Waals surface area contributed by atoms with E-state index in [4.69, 9.17) is 24.7 Å². The van der Waals surface area contributed by atoms with E-state index in [1.54, 1.807) is 48.5 Å². The molecule has 10 aromatic rings. The van der Waals surface area contributed by atoms with Crippen LogP contribution in [0.15, 0.2) is 334 Å². The number of ether oxygens (including phenoxy) is 4. The van der Waals surface area contributed by atoms with E-state index in [-0.39, 0.29) is 90.4 Å². The maximum absolute atomic E-state index is 14.5. The summed E-state index contributed by atoms with van der Waals surface area (Å²) in [6.45, 7) is 0. The summed E-state index contributed by atoms with van der Waals surface area (Å²) in [5, 5.41) is 34.0. The predicted molar refractivity (Wildman–Crippen MR) is 401 cm³/mol. The molecule has 9 N–H and O–H groups in total. The monoisotopic (exact) mass is 1360 g/mol. The number of carbonyl (C=O) groups is 4. The first-order valence-corrected chi connectivity index (χ1v) is 33.7. The smallest absolute Gasteiger partial charge is 0.154 e. The van der Waals surface area contributed by atoms with Crippen molar-refractivity contribution in [1.29, 1.82) is 16.2 Å². The second-order valence-electron chi connectivity index (χ2n) is 25.5. The topological polar surface area (TPSA) is 266 Å². The Morgan fingerprint density at radius 2 is 0.644 bits per heavy atom. The molecule has 7 aliphatic rings. The van der Waals surface area contributed by atoms with Crippen LogP contribution >= 0.6 is 0 Å². The summed E-state index contributed by atoms with van der Waals surface area (Å²) in [5.41, 5.74) is 13.9. The number of allylic oxidation sites excluding steroid dienone is 21. The van der Waals surface area contributed by atoms with E-state index < -0.39 is 17.8 Å². The van der Waals surface area contributed by atoms with Crippen LogP contribution in [0.3, 0.4) is 0 Å². The minimum atomic E-state index is -0.717. The lowest BCUT2D eigenvalue weighted by atomic mass is 9.75. The fourth-order valence-corrected chi connectivity index (χ4v) is 15.0. The fraction of sp³-hybridized carbons (Fsp3) is 0.0341. The third-order valence-electron chi connectivity index (χ3n) is 19.6. The van der Waals surface area contributed by atoms with E-state index in [1.807, 2.05) is 219 Å². The van der Waals surface area contributed by atoms with Gasteiger partial charge in [0.2, 0.25) is 0 Å². The number of aldehydes is 4. The van der Waals surface area contributed by atoms with Crippen molar-refractivity contribution in [2.75, 3.05) is 5.73 Å². The first-order chi connectivity index (χ1) is 51.1. The van der Waals surface area contributed by atoms with Crippen LogP contribution in [0.4, 0.5) is 5.69 Å². The summed E-state index contributed by atoms with van der Waals surface area (Å²) in [7, 11) is 0. The predicted octanol–water partition coefficient (Wildman–Crippen LogP) is 13.3. The molecule has 16 heteroatoms. The fourth-order valence-electron chi connectivity index (χ4n) is 15.0. The maximum Gasteiger partial charge on any atom is 0.154 e. The molecule has 0 spiro atoms. The van der Waals surface area contributed by atoms with E-state index in [2.05, 4.69) is 19.9 Å². The normalized spacial score (nSPS) is 18.2. The van der Waals surface area contributed by atoms with E-state index in [9.17, 15) is 35.4 Å². The molecule has 17 rings (SSSR count). The third-order valence-corrected chi connectivity index (χ3v) is 19.6. The molecular formula is C88H60N8O8. The Labute approximate surface area is 594 Å². The van der Waals surface area contributed by atoms with Crippen molar-refractivity contribution in [3.63, 3.8) is 0 Å². The minimum absolute atomic E-state index is 0.0642. The number of H-pyrrole nitrogens is 4. The van der Waals surface area contributed by atoms with Crippen molar-refractivity contribution < 1.29 is 38.1 Å². The number of nitrogens with one attached hydrogen (secondary N) is 7. The summed E-state index contributed by atoms with van der Waals surface area (Å²) in [4.78, 5) is 73.0. The van der Waals surface area contributed by atoms with Crippen LogP contribution in [0.25, 0.3) is 33.1 Å². The van der Waals surface area contributed by atoms with Crippen molar-refractivity contribution in [3.05, 3.63) is 390 Å².